The molecule has 7 heteroatoms. The molecule has 2 heterocycles. The highest BCUT2D eigenvalue weighted by atomic mass is 35.5. The predicted molar refractivity (Wildman–Crippen MR) is 102 cm³/mol. The van der Waals surface area contributed by atoms with Gasteiger partial charge in [-0.05, 0) is 44.0 Å². The molecule has 2 atom stereocenters. The second-order valence-electron chi connectivity index (χ2n) is 7.28. The molecule has 1 aliphatic rings. The maximum Gasteiger partial charge on any atom is 0.223 e. The summed E-state index contributed by atoms with van der Waals surface area (Å²) in [5.41, 5.74) is 1.06. The Balaban J connectivity index is 1.81. The number of aromatic nitrogens is 2. The third kappa shape index (κ3) is 3.93. The van der Waals surface area contributed by atoms with Crippen molar-refractivity contribution in [3.63, 3.8) is 0 Å². The molecule has 0 aromatic carbocycles. The first-order valence-electron chi connectivity index (χ1n) is 8.85. The number of rotatable bonds is 7. The van der Waals surface area contributed by atoms with Crippen LogP contribution in [-0.2, 0) is 4.74 Å². The van der Waals surface area contributed by atoms with Crippen molar-refractivity contribution in [2.75, 3.05) is 27.8 Å². The first-order valence-corrected chi connectivity index (χ1v) is 9.22. The number of methoxy groups -OCH3 is 1. The Morgan fingerprint density at radius 2 is 2.00 bits per heavy atom. The maximum absolute atomic E-state index is 10.1. The van der Waals surface area contributed by atoms with Gasteiger partial charge in [0.2, 0.25) is 5.88 Å². The summed E-state index contributed by atoms with van der Waals surface area (Å²) in [6, 6.07) is 1.85. The maximum atomic E-state index is 10.1. The van der Waals surface area contributed by atoms with Gasteiger partial charge in [-0.2, -0.15) is 0 Å². The molecule has 142 valence electrons. The summed E-state index contributed by atoms with van der Waals surface area (Å²) in [6.07, 6.45) is 4.80. The molecule has 1 N–H and O–H groups in total. The Bertz CT molecular complexity index is 765. The van der Waals surface area contributed by atoms with E-state index in [-0.39, 0.29) is 17.9 Å². The molecule has 1 saturated carbocycles. The zero-order valence-corrected chi connectivity index (χ0v) is 16.4. The lowest BCUT2D eigenvalue weighted by molar-refractivity contribution is -0.0779. The molecule has 1 fully saturated rings. The van der Waals surface area contributed by atoms with Crippen molar-refractivity contribution in [2.45, 2.75) is 38.0 Å². The molecular weight excluding hydrogens is 354 g/mol. The number of halogens is 1. The van der Waals surface area contributed by atoms with Crippen LogP contribution in [0.3, 0.4) is 0 Å². The molecule has 3 rings (SSSR count). The van der Waals surface area contributed by atoms with Crippen LogP contribution in [0.5, 0.6) is 5.88 Å². The Hall–Kier alpha value is -1.47. The fourth-order valence-corrected chi connectivity index (χ4v) is 3.62. The summed E-state index contributed by atoms with van der Waals surface area (Å²) >= 11 is 6.12. The highest BCUT2D eigenvalue weighted by molar-refractivity contribution is 6.30. The normalized spacial score (nSPS) is 22.3. The van der Waals surface area contributed by atoms with Crippen molar-refractivity contribution in [3.05, 3.63) is 29.2 Å². The van der Waals surface area contributed by atoms with Gasteiger partial charge in [0.05, 0.1) is 12.0 Å². The first-order chi connectivity index (χ1) is 12.4. The van der Waals surface area contributed by atoms with Gasteiger partial charge in [0.15, 0.2) is 0 Å². The van der Waals surface area contributed by atoms with Crippen LogP contribution >= 0.6 is 11.6 Å². The fourth-order valence-electron chi connectivity index (χ4n) is 3.46. The SMILES string of the molecule is COC[C@H](C)c1cnc(OC2CC(C(O)N(C)C)C2)c2cnc(Cl)cc12. The summed E-state index contributed by atoms with van der Waals surface area (Å²) in [5.74, 6) is 0.987. The lowest BCUT2D eigenvalue weighted by Crippen LogP contribution is -2.46. The van der Waals surface area contributed by atoms with Crippen molar-refractivity contribution in [2.24, 2.45) is 5.92 Å². The third-order valence-corrected chi connectivity index (χ3v) is 5.25. The molecule has 2 aromatic heterocycles. The molecule has 1 unspecified atom stereocenters. The highest BCUT2D eigenvalue weighted by Gasteiger charge is 2.37. The van der Waals surface area contributed by atoms with Gasteiger partial charge in [-0.3, -0.25) is 4.90 Å². The van der Waals surface area contributed by atoms with Crippen LogP contribution in [0.15, 0.2) is 18.5 Å². The number of fused-ring (bicyclic) bond motifs is 1. The monoisotopic (exact) mass is 379 g/mol. The molecule has 6 nitrogen and oxygen atoms in total. The van der Waals surface area contributed by atoms with E-state index in [9.17, 15) is 5.11 Å². The fraction of sp³-hybridized carbons (Fsp3) is 0.579. The van der Waals surface area contributed by atoms with E-state index < -0.39 is 6.23 Å². The molecule has 1 aliphatic carbocycles. The molecule has 0 radical (unpaired) electrons. The lowest BCUT2D eigenvalue weighted by atomic mass is 9.80. The molecule has 0 saturated heterocycles. The van der Waals surface area contributed by atoms with Crippen molar-refractivity contribution in [1.82, 2.24) is 14.9 Å². The van der Waals surface area contributed by atoms with Crippen LogP contribution in [0.4, 0.5) is 0 Å². The molecule has 0 bridgehead atoms. The average molecular weight is 380 g/mol. The van der Waals surface area contributed by atoms with Gasteiger partial charge in [0.1, 0.15) is 17.5 Å². The second kappa shape index (κ2) is 8.05. The van der Waals surface area contributed by atoms with Gasteiger partial charge >= 0.3 is 0 Å². The van der Waals surface area contributed by atoms with E-state index in [1.165, 1.54) is 0 Å². The molecule has 0 amide bonds. The van der Waals surface area contributed by atoms with Gasteiger partial charge in [-0.25, -0.2) is 9.97 Å². The van der Waals surface area contributed by atoms with Crippen molar-refractivity contribution >= 4 is 22.4 Å². The van der Waals surface area contributed by atoms with E-state index in [0.717, 1.165) is 29.2 Å². The standard InChI is InChI=1S/C19H26ClN3O3/c1-11(10-25-4)15-8-22-18(16-9-21-17(20)7-14(15)16)26-13-5-12(6-13)19(24)23(2)3/h7-9,11-13,19,24H,5-6,10H2,1-4H3/t11-,12?,13?,19?/m0/s1. The van der Waals surface area contributed by atoms with Crippen LogP contribution in [0, 0.1) is 5.92 Å². The van der Waals surface area contributed by atoms with Gasteiger partial charge in [-0.15, -0.1) is 0 Å². The van der Waals surface area contributed by atoms with Crippen molar-refractivity contribution < 1.29 is 14.6 Å². The number of hydrogen-bond donors (Lipinski definition) is 1. The zero-order chi connectivity index (χ0) is 18.8. The summed E-state index contributed by atoms with van der Waals surface area (Å²) in [7, 11) is 5.44. The topological polar surface area (TPSA) is 67.7 Å². The first kappa shape index (κ1) is 19.3. The molecule has 0 spiro atoms. The number of aliphatic hydroxyl groups is 1. The van der Waals surface area contributed by atoms with Gasteiger partial charge in [0, 0.05) is 31.3 Å². The minimum absolute atomic E-state index is 0.0585. The Kier molecular flexibility index (Phi) is 5.97. The third-order valence-electron chi connectivity index (χ3n) is 5.04. The van der Waals surface area contributed by atoms with E-state index in [0.29, 0.717) is 17.6 Å². The average Bonchev–Trinajstić information content (AvgIpc) is 2.56. The summed E-state index contributed by atoms with van der Waals surface area (Å²) in [5, 5.41) is 12.4. The smallest absolute Gasteiger partial charge is 0.223 e. The number of pyridine rings is 2. The van der Waals surface area contributed by atoms with E-state index in [4.69, 9.17) is 21.1 Å². The van der Waals surface area contributed by atoms with E-state index in [1.807, 2.05) is 31.3 Å². The van der Waals surface area contributed by atoms with Crippen LogP contribution in [0.1, 0.15) is 31.2 Å². The molecule has 26 heavy (non-hydrogen) atoms. The van der Waals surface area contributed by atoms with Gasteiger partial charge in [0.25, 0.3) is 0 Å². The van der Waals surface area contributed by atoms with Crippen LogP contribution in [-0.4, -0.2) is 60.1 Å². The quantitative estimate of drug-likeness (QED) is 0.589. The van der Waals surface area contributed by atoms with E-state index in [1.54, 1.807) is 13.3 Å². The van der Waals surface area contributed by atoms with Crippen molar-refractivity contribution in [3.8, 4) is 5.88 Å². The minimum Gasteiger partial charge on any atom is -0.474 e. The van der Waals surface area contributed by atoms with E-state index in [2.05, 4.69) is 16.9 Å². The van der Waals surface area contributed by atoms with Crippen LogP contribution in [0.2, 0.25) is 5.15 Å². The number of hydrogen-bond acceptors (Lipinski definition) is 6. The summed E-state index contributed by atoms with van der Waals surface area (Å²) in [4.78, 5) is 10.6. The Morgan fingerprint density at radius 3 is 2.65 bits per heavy atom. The zero-order valence-electron chi connectivity index (χ0n) is 15.6. The molecule has 2 aromatic rings. The molecular formula is C19H26ClN3O3. The Labute approximate surface area is 159 Å². The summed E-state index contributed by atoms with van der Waals surface area (Å²) < 4.78 is 11.4. The predicted octanol–water partition coefficient (Wildman–Crippen LogP) is 3.07. The van der Waals surface area contributed by atoms with Crippen LogP contribution in [0.25, 0.3) is 10.8 Å². The number of nitrogens with zero attached hydrogens (tertiary/aromatic N) is 3. The van der Waals surface area contributed by atoms with Crippen LogP contribution < -0.4 is 4.74 Å². The minimum atomic E-state index is -0.433. The second-order valence-corrected chi connectivity index (χ2v) is 7.66. The lowest BCUT2D eigenvalue weighted by Gasteiger charge is -2.40. The van der Waals surface area contributed by atoms with Gasteiger partial charge in [-0.1, -0.05) is 18.5 Å². The van der Waals surface area contributed by atoms with E-state index >= 15 is 0 Å². The Morgan fingerprint density at radius 1 is 1.27 bits per heavy atom. The largest absolute Gasteiger partial charge is 0.474 e. The number of aliphatic hydroxyl groups excluding tert-OH is 1. The highest BCUT2D eigenvalue weighted by Crippen LogP contribution is 2.37. The molecule has 0 aliphatic heterocycles. The number of ether oxygens (including phenoxy) is 2. The van der Waals surface area contributed by atoms with Gasteiger partial charge < -0.3 is 14.6 Å². The van der Waals surface area contributed by atoms with Crippen molar-refractivity contribution in [1.29, 1.82) is 0 Å². The summed E-state index contributed by atoms with van der Waals surface area (Å²) in [6.45, 7) is 2.69.